The van der Waals surface area contributed by atoms with Gasteiger partial charge in [-0.05, 0) is 48.4 Å². The molecule has 4 rings (SSSR count). The van der Waals surface area contributed by atoms with Crippen LogP contribution in [0.2, 0.25) is 0 Å². The number of ether oxygens (including phenoxy) is 3. The Hall–Kier alpha value is -3.07. The molecule has 2 aliphatic rings. The first-order chi connectivity index (χ1) is 14.4. The molecule has 158 valence electrons. The van der Waals surface area contributed by atoms with Crippen molar-refractivity contribution in [1.29, 1.82) is 0 Å². The summed E-state index contributed by atoms with van der Waals surface area (Å²) in [5.74, 6) is 0.949. The van der Waals surface area contributed by atoms with Crippen molar-refractivity contribution in [3.05, 3.63) is 39.8 Å². The Bertz CT molecular complexity index is 1020. The SMILES string of the molecule is COC(=O)NC(=O)c1c(NC(=O)Cc2ccc3c(c2)OCO3)sc2c1CCC(C)C2. The van der Waals surface area contributed by atoms with Gasteiger partial charge in [0.15, 0.2) is 11.5 Å². The number of fused-ring (bicyclic) bond motifs is 2. The van der Waals surface area contributed by atoms with Crippen LogP contribution in [0, 0.1) is 5.92 Å². The number of hydrogen-bond acceptors (Lipinski definition) is 7. The molecule has 0 spiro atoms. The van der Waals surface area contributed by atoms with Gasteiger partial charge in [-0.3, -0.25) is 14.9 Å². The molecule has 1 aliphatic heterocycles. The molecule has 2 N–H and O–H groups in total. The lowest BCUT2D eigenvalue weighted by molar-refractivity contribution is -0.115. The molecular formula is C21H22N2O6S. The van der Waals surface area contributed by atoms with Crippen molar-refractivity contribution in [2.45, 2.75) is 32.6 Å². The average Bonchev–Trinajstić information content (AvgIpc) is 3.30. The fourth-order valence-electron chi connectivity index (χ4n) is 3.69. The second kappa shape index (κ2) is 8.35. The number of alkyl carbamates (subject to hydrolysis) is 1. The highest BCUT2D eigenvalue weighted by molar-refractivity contribution is 7.17. The van der Waals surface area contributed by atoms with Gasteiger partial charge in [0.05, 0.1) is 19.1 Å². The van der Waals surface area contributed by atoms with Crippen LogP contribution >= 0.6 is 11.3 Å². The number of benzene rings is 1. The van der Waals surface area contributed by atoms with Crippen LogP contribution in [0.5, 0.6) is 11.5 Å². The van der Waals surface area contributed by atoms with Crippen molar-refractivity contribution in [2.24, 2.45) is 5.92 Å². The first kappa shape index (κ1) is 20.2. The Morgan fingerprint density at radius 3 is 2.83 bits per heavy atom. The second-order valence-corrected chi connectivity index (χ2v) is 8.52. The van der Waals surface area contributed by atoms with Crippen molar-refractivity contribution in [3.8, 4) is 11.5 Å². The van der Waals surface area contributed by atoms with Crippen LogP contribution in [0.25, 0.3) is 0 Å². The number of carbonyl (C=O) groups is 3. The number of rotatable bonds is 4. The summed E-state index contributed by atoms with van der Waals surface area (Å²) in [6, 6.07) is 5.35. The lowest BCUT2D eigenvalue weighted by Gasteiger charge is -2.18. The van der Waals surface area contributed by atoms with Gasteiger partial charge in [-0.2, -0.15) is 0 Å². The number of methoxy groups -OCH3 is 1. The Kier molecular flexibility index (Phi) is 5.63. The van der Waals surface area contributed by atoms with Crippen LogP contribution in [0.3, 0.4) is 0 Å². The van der Waals surface area contributed by atoms with Crippen LogP contribution in [-0.2, 0) is 28.8 Å². The monoisotopic (exact) mass is 430 g/mol. The molecule has 2 heterocycles. The molecule has 1 aliphatic carbocycles. The molecule has 9 heteroatoms. The topological polar surface area (TPSA) is 103 Å². The van der Waals surface area contributed by atoms with Crippen molar-refractivity contribution >= 4 is 34.2 Å². The molecule has 0 fully saturated rings. The molecule has 8 nitrogen and oxygen atoms in total. The van der Waals surface area contributed by atoms with E-state index in [0.29, 0.717) is 28.0 Å². The van der Waals surface area contributed by atoms with E-state index in [1.165, 1.54) is 18.4 Å². The van der Waals surface area contributed by atoms with Crippen LogP contribution in [0.15, 0.2) is 18.2 Å². The second-order valence-electron chi connectivity index (χ2n) is 7.41. The largest absolute Gasteiger partial charge is 0.454 e. The Morgan fingerprint density at radius 1 is 1.23 bits per heavy atom. The number of hydrogen-bond donors (Lipinski definition) is 2. The smallest absolute Gasteiger partial charge is 0.413 e. The van der Waals surface area contributed by atoms with Crippen molar-refractivity contribution in [3.63, 3.8) is 0 Å². The summed E-state index contributed by atoms with van der Waals surface area (Å²) in [6.07, 6.45) is 1.81. The zero-order valence-corrected chi connectivity index (χ0v) is 17.5. The number of nitrogens with one attached hydrogen (secondary N) is 2. The predicted octanol–water partition coefficient (Wildman–Crippen LogP) is 3.28. The molecule has 1 atom stereocenters. The average molecular weight is 430 g/mol. The fraction of sp³-hybridized carbons (Fsp3) is 0.381. The molecule has 1 aromatic heterocycles. The van der Waals surface area contributed by atoms with Gasteiger partial charge in [-0.1, -0.05) is 13.0 Å². The van der Waals surface area contributed by atoms with Gasteiger partial charge in [0.2, 0.25) is 12.7 Å². The predicted molar refractivity (Wildman–Crippen MR) is 110 cm³/mol. The van der Waals surface area contributed by atoms with E-state index in [0.717, 1.165) is 35.3 Å². The minimum atomic E-state index is -0.832. The van der Waals surface area contributed by atoms with Gasteiger partial charge < -0.3 is 19.5 Å². The van der Waals surface area contributed by atoms with Crippen molar-refractivity contribution in [1.82, 2.24) is 5.32 Å². The summed E-state index contributed by atoms with van der Waals surface area (Å²) in [6.45, 7) is 2.33. The minimum Gasteiger partial charge on any atom is -0.454 e. The highest BCUT2D eigenvalue weighted by Gasteiger charge is 2.29. The summed E-state index contributed by atoms with van der Waals surface area (Å²) in [5.41, 5.74) is 2.02. The van der Waals surface area contributed by atoms with Gasteiger partial charge >= 0.3 is 6.09 Å². The quantitative estimate of drug-likeness (QED) is 0.772. The maximum Gasteiger partial charge on any atom is 0.413 e. The Labute approximate surface area is 177 Å². The van der Waals surface area contributed by atoms with E-state index in [1.807, 2.05) is 0 Å². The van der Waals surface area contributed by atoms with E-state index in [-0.39, 0.29) is 19.1 Å². The van der Waals surface area contributed by atoms with E-state index in [1.54, 1.807) is 18.2 Å². The molecule has 0 saturated heterocycles. The number of thiophene rings is 1. The minimum absolute atomic E-state index is 0.119. The standard InChI is InChI=1S/C21H22N2O6S/c1-11-3-5-13-16(7-11)30-20(18(13)19(25)23-21(26)27-2)22-17(24)9-12-4-6-14-15(8-12)29-10-28-14/h4,6,8,11H,3,5,7,9-10H2,1-2H3,(H,22,24)(H,23,25,26). The van der Waals surface area contributed by atoms with Gasteiger partial charge in [-0.15, -0.1) is 11.3 Å². The maximum atomic E-state index is 12.7. The molecule has 0 saturated carbocycles. The zero-order chi connectivity index (χ0) is 21.3. The molecule has 2 aromatic rings. The summed E-state index contributed by atoms with van der Waals surface area (Å²) in [7, 11) is 1.20. The fourth-order valence-corrected chi connectivity index (χ4v) is 5.12. The third-order valence-corrected chi connectivity index (χ3v) is 6.36. The summed E-state index contributed by atoms with van der Waals surface area (Å²) >= 11 is 1.40. The first-order valence-electron chi connectivity index (χ1n) is 9.66. The summed E-state index contributed by atoms with van der Waals surface area (Å²) in [5, 5.41) is 5.53. The van der Waals surface area contributed by atoms with Crippen LogP contribution in [0.1, 0.15) is 39.7 Å². The number of imide groups is 1. The Morgan fingerprint density at radius 2 is 2.03 bits per heavy atom. The van der Waals surface area contributed by atoms with Gasteiger partial charge in [0.1, 0.15) is 5.00 Å². The maximum absolute atomic E-state index is 12.7. The molecule has 30 heavy (non-hydrogen) atoms. The normalized spacial score (nSPS) is 16.5. The lowest BCUT2D eigenvalue weighted by atomic mass is 9.88. The van der Waals surface area contributed by atoms with E-state index in [4.69, 9.17) is 9.47 Å². The third kappa shape index (κ3) is 4.11. The lowest BCUT2D eigenvalue weighted by Crippen LogP contribution is -2.31. The van der Waals surface area contributed by atoms with E-state index in [2.05, 4.69) is 22.3 Å². The van der Waals surface area contributed by atoms with Gasteiger partial charge in [0, 0.05) is 4.88 Å². The highest BCUT2D eigenvalue weighted by atomic mass is 32.1. The molecule has 1 unspecified atom stereocenters. The highest BCUT2D eigenvalue weighted by Crippen LogP contribution is 2.40. The van der Waals surface area contributed by atoms with Crippen LogP contribution < -0.4 is 20.1 Å². The third-order valence-electron chi connectivity index (χ3n) is 5.19. The van der Waals surface area contributed by atoms with E-state index in [9.17, 15) is 14.4 Å². The van der Waals surface area contributed by atoms with E-state index >= 15 is 0 Å². The molecular weight excluding hydrogens is 408 g/mol. The molecule has 1 aromatic carbocycles. The summed E-state index contributed by atoms with van der Waals surface area (Å²) in [4.78, 5) is 38.1. The van der Waals surface area contributed by atoms with Crippen molar-refractivity contribution in [2.75, 3.05) is 19.2 Å². The Balaban J connectivity index is 1.55. The van der Waals surface area contributed by atoms with E-state index < -0.39 is 12.0 Å². The zero-order valence-electron chi connectivity index (χ0n) is 16.7. The number of amides is 3. The first-order valence-corrected chi connectivity index (χ1v) is 10.5. The molecule has 3 amide bonds. The van der Waals surface area contributed by atoms with Gasteiger partial charge in [0.25, 0.3) is 5.91 Å². The van der Waals surface area contributed by atoms with Crippen LogP contribution in [0.4, 0.5) is 9.80 Å². The molecule has 0 bridgehead atoms. The number of anilines is 1. The van der Waals surface area contributed by atoms with Crippen LogP contribution in [-0.4, -0.2) is 31.8 Å². The van der Waals surface area contributed by atoms with Crippen molar-refractivity contribution < 1.29 is 28.6 Å². The van der Waals surface area contributed by atoms with Gasteiger partial charge in [-0.25, -0.2) is 4.79 Å². The summed E-state index contributed by atoms with van der Waals surface area (Å²) < 4.78 is 15.2. The number of carbonyl (C=O) groups excluding carboxylic acids is 3. The molecule has 0 radical (unpaired) electrons.